The molecule has 78 valence electrons. The fourth-order valence-electron chi connectivity index (χ4n) is 0.755. The first-order chi connectivity index (χ1) is 6.61. The third kappa shape index (κ3) is 2.91. The summed E-state index contributed by atoms with van der Waals surface area (Å²) in [6, 6.07) is 0. The molecule has 0 aliphatic carbocycles. The zero-order valence-electron chi connectivity index (χ0n) is 7.98. The molecule has 2 unspecified atom stereocenters. The van der Waals surface area contributed by atoms with Crippen LogP contribution in [0.1, 0.15) is 17.4 Å². The Kier molecular flexibility index (Phi) is 3.75. The van der Waals surface area contributed by atoms with Crippen LogP contribution >= 0.6 is 0 Å². The topological polar surface area (TPSA) is 87.7 Å². The normalized spacial score (nSPS) is 14.7. The van der Waals surface area contributed by atoms with Crippen molar-refractivity contribution in [1.29, 1.82) is 0 Å². The van der Waals surface area contributed by atoms with Crippen molar-refractivity contribution in [2.45, 2.75) is 12.2 Å². The van der Waals surface area contributed by atoms with Crippen molar-refractivity contribution in [3.8, 4) is 0 Å². The zero-order valence-corrected chi connectivity index (χ0v) is 8.80. The second-order valence-corrected chi connectivity index (χ2v) is 4.68. The van der Waals surface area contributed by atoms with Gasteiger partial charge in [-0.3, -0.25) is 9.00 Å². The Morgan fingerprint density at radius 2 is 2.50 bits per heavy atom. The van der Waals surface area contributed by atoms with Gasteiger partial charge in [-0.1, -0.05) is 0 Å². The van der Waals surface area contributed by atoms with Gasteiger partial charge in [0.1, 0.15) is 0 Å². The minimum absolute atomic E-state index is 0.0640. The Balaban J connectivity index is 2.40. The van der Waals surface area contributed by atoms with Crippen LogP contribution in [0.15, 0.2) is 6.20 Å². The van der Waals surface area contributed by atoms with Gasteiger partial charge in [-0.15, -0.1) is 0 Å². The van der Waals surface area contributed by atoms with Crippen LogP contribution < -0.4 is 5.32 Å². The Hall–Kier alpha value is -1.24. The van der Waals surface area contributed by atoms with E-state index >= 15 is 0 Å². The molecule has 0 saturated heterocycles. The lowest BCUT2D eigenvalue weighted by molar-refractivity contribution is 0.0949. The fourth-order valence-corrected chi connectivity index (χ4v) is 1.07. The average Bonchev–Trinajstić information content (AvgIpc) is 2.66. The molecule has 0 saturated carbocycles. The average molecular weight is 216 g/mol. The molecule has 0 bridgehead atoms. The van der Waals surface area contributed by atoms with Gasteiger partial charge in [-0.05, 0) is 6.92 Å². The molecule has 1 aromatic rings. The summed E-state index contributed by atoms with van der Waals surface area (Å²) in [5.41, 5.74) is 0.235. The number of H-pyrrole nitrogens is 1. The highest BCUT2D eigenvalue weighted by molar-refractivity contribution is 7.84. The van der Waals surface area contributed by atoms with Gasteiger partial charge in [0.15, 0.2) is 5.69 Å². The smallest absolute Gasteiger partial charge is 0.273 e. The lowest BCUT2D eigenvalue weighted by Crippen LogP contribution is -2.32. The molecule has 1 amide bonds. The first-order valence-corrected chi connectivity index (χ1v) is 5.69. The highest BCUT2D eigenvalue weighted by Gasteiger charge is 2.11. The van der Waals surface area contributed by atoms with E-state index < -0.39 is 10.8 Å². The van der Waals surface area contributed by atoms with Crippen molar-refractivity contribution < 1.29 is 9.00 Å². The van der Waals surface area contributed by atoms with Crippen LogP contribution in [0.25, 0.3) is 0 Å². The van der Waals surface area contributed by atoms with Gasteiger partial charge in [-0.25, -0.2) is 0 Å². The summed E-state index contributed by atoms with van der Waals surface area (Å²) in [6.07, 6.45) is 2.94. The third-order valence-electron chi connectivity index (χ3n) is 1.76. The number of nitrogens with one attached hydrogen (secondary N) is 2. The maximum atomic E-state index is 11.3. The lowest BCUT2D eigenvalue weighted by atomic mass is 10.4. The van der Waals surface area contributed by atoms with Crippen LogP contribution in [0.2, 0.25) is 0 Å². The quantitative estimate of drug-likeness (QED) is 0.696. The Morgan fingerprint density at radius 1 is 1.79 bits per heavy atom. The standard InChI is InChI=1S/C7H12N4O2S/c1-5(14(2)13)3-8-7(12)6-4-9-11-10-6/h4-5H,3H2,1-2H3,(H,8,12)(H,9,10,11). The van der Waals surface area contributed by atoms with Crippen molar-refractivity contribution in [1.82, 2.24) is 20.7 Å². The van der Waals surface area contributed by atoms with Crippen LogP contribution in [0.3, 0.4) is 0 Å². The summed E-state index contributed by atoms with van der Waals surface area (Å²) < 4.78 is 11.0. The van der Waals surface area contributed by atoms with E-state index in [0.29, 0.717) is 6.54 Å². The van der Waals surface area contributed by atoms with Crippen molar-refractivity contribution in [3.63, 3.8) is 0 Å². The molecule has 1 rings (SSSR count). The molecule has 0 aliphatic heterocycles. The van der Waals surface area contributed by atoms with Crippen LogP contribution in [0.5, 0.6) is 0 Å². The first kappa shape index (κ1) is 10.8. The van der Waals surface area contributed by atoms with E-state index in [2.05, 4.69) is 20.7 Å². The molecule has 0 aliphatic rings. The summed E-state index contributed by atoms with van der Waals surface area (Å²) in [4.78, 5) is 11.3. The first-order valence-electron chi connectivity index (χ1n) is 4.07. The van der Waals surface area contributed by atoms with Crippen molar-refractivity contribution in [2.75, 3.05) is 12.8 Å². The Labute approximate surface area is 83.9 Å². The lowest BCUT2D eigenvalue weighted by Gasteiger charge is -2.08. The van der Waals surface area contributed by atoms with Crippen LogP contribution in [0, 0.1) is 0 Å². The van der Waals surface area contributed by atoms with E-state index in [1.807, 2.05) is 0 Å². The molecule has 0 aromatic carbocycles. The molecular formula is C7H12N4O2S. The number of hydrogen-bond acceptors (Lipinski definition) is 4. The number of carbonyl (C=O) groups excluding carboxylic acids is 1. The maximum Gasteiger partial charge on any atom is 0.273 e. The van der Waals surface area contributed by atoms with E-state index in [-0.39, 0.29) is 16.9 Å². The Bertz CT molecular complexity index is 324. The number of hydrogen-bond donors (Lipinski definition) is 2. The molecule has 14 heavy (non-hydrogen) atoms. The predicted octanol–water partition coefficient (Wildman–Crippen LogP) is -0.698. The highest BCUT2D eigenvalue weighted by atomic mass is 32.2. The molecule has 7 heteroatoms. The van der Waals surface area contributed by atoms with Crippen molar-refractivity contribution in [3.05, 3.63) is 11.9 Å². The highest BCUT2D eigenvalue weighted by Crippen LogP contribution is 1.92. The minimum atomic E-state index is -0.932. The van der Waals surface area contributed by atoms with E-state index in [1.54, 1.807) is 13.2 Å². The number of amides is 1. The van der Waals surface area contributed by atoms with Gasteiger partial charge >= 0.3 is 0 Å². The second-order valence-electron chi connectivity index (χ2n) is 2.87. The molecule has 0 spiro atoms. The van der Waals surface area contributed by atoms with Crippen molar-refractivity contribution >= 4 is 16.7 Å². The van der Waals surface area contributed by atoms with Gasteiger partial charge in [-0.2, -0.15) is 15.4 Å². The van der Waals surface area contributed by atoms with Gasteiger partial charge in [0, 0.05) is 28.9 Å². The molecular weight excluding hydrogens is 204 g/mol. The number of rotatable bonds is 4. The SMILES string of the molecule is CC(CNC(=O)c1cn[nH]n1)S(C)=O. The summed E-state index contributed by atoms with van der Waals surface area (Å²) in [7, 11) is -0.932. The van der Waals surface area contributed by atoms with Crippen LogP contribution in [-0.2, 0) is 10.8 Å². The summed E-state index contributed by atoms with van der Waals surface area (Å²) in [5, 5.41) is 12.0. The maximum absolute atomic E-state index is 11.3. The van der Waals surface area contributed by atoms with E-state index in [0.717, 1.165) is 0 Å². The third-order valence-corrected chi connectivity index (χ3v) is 3.06. The van der Waals surface area contributed by atoms with E-state index in [4.69, 9.17) is 0 Å². The second kappa shape index (κ2) is 4.85. The molecule has 1 aromatic heterocycles. The van der Waals surface area contributed by atoms with E-state index in [1.165, 1.54) is 6.20 Å². The molecule has 2 atom stereocenters. The Morgan fingerprint density at radius 3 is 3.00 bits per heavy atom. The molecule has 1 heterocycles. The molecule has 0 fully saturated rings. The minimum Gasteiger partial charge on any atom is -0.349 e. The number of aromatic nitrogens is 3. The van der Waals surface area contributed by atoms with Gasteiger partial charge < -0.3 is 5.32 Å². The van der Waals surface area contributed by atoms with Gasteiger partial charge in [0.25, 0.3) is 5.91 Å². The molecule has 0 radical (unpaired) electrons. The number of carbonyl (C=O) groups is 1. The summed E-state index contributed by atoms with van der Waals surface area (Å²) >= 11 is 0. The van der Waals surface area contributed by atoms with Crippen molar-refractivity contribution in [2.24, 2.45) is 0 Å². The molecule has 2 N–H and O–H groups in total. The van der Waals surface area contributed by atoms with Gasteiger partial charge in [0.2, 0.25) is 0 Å². The van der Waals surface area contributed by atoms with Crippen LogP contribution in [0.4, 0.5) is 0 Å². The zero-order chi connectivity index (χ0) is 10.6. The predicted molar refractivity (Wildman–Crippen MR) is 52.2 cm³/mol. The molecule has 6 nitrogen and oxygen atoms in total. The monoisotopic (exact) mass is 216 g/mol. The summed E-state index contributed by atoms with van der Waals surface area (Å²) in [5.74, 6) is -0.309. The van der Waals surface area contributed by atoms with Gasteiger partial charge in [0.05, 0.1) is 6.20 Å². The number of nitrogens with zero attached hydrogens (tertiary/aromatic N) is 2. The number of aromatic amines is 1. The largest absolute Gasteiger partial charge is 0.349 e. The fraction of sp³-hybridized carbons (Fsp3) is 0.571. The summed E-state index contributed by atoms with van der Waals surface area (Å²) in [6.45, 7) is 2.17. The van der Waals surface area contributed by atoms with E-state index in [9.17, 15) is 9.00 Å². The van der Waals surface area contributed by atoms with Crippen LogP contribution in [-0.4, -0.2) is 43.6 Å².